The maximum Gasteiger partial charge on any atom is 0.319 e. The van der Waals surface area contributed by atoms with E-state index in [4.69, 9.17) is 0 Å². The first-order valence-corrected chi connectivity index (χ1v) is 9.05. The molecule has 0 aliphatic heterocycles. The smallest absolute Gasteiger partial charge is 0.319 e. The number of hydrogen-bond donors (Lipinski definition) is 3. The highest BCUT2D eigenvalue weighted by Gasteiger charge is 2.11. The van der Waals surface area contributed by atoms with Crippen molar-refractivity contribution in [2.75, 3.05) is 5.32 Å². The van der Waals surface area contributed by atoms with Crippen molar-refractivity contribution in [3.8, 4) is 11.4 Å². The summed E-state index contributed by atoms with van der Waals surface area (Å²) < 4.78 is 1.90. The van der Waals surface area contributed by atoms with Gasteiger partial charge in [0.2, 0.25) is 0 Å². The number of hydrogen-bond acceptors (Lipinski definition) is 4. The number of benzene rings is 1. The van der Waals surface area contributed by atoms with Gasteiger partial charge in [-0.15, -0.1) is 0 Å². The number of carbonyl (C=O) groups excluding carboxylic acids is 1. The third-order valence-corrected chi connectivity index (χ3v) is 4.17. The lowest BCUT2D eigenvalue weighted by Crippen LogP contribution is -2.38. The van der Waals surface area contributed by atoms with Gasteiger partial charge in [-0.3, -0.25) is 9.78 Å². The fourth-order valence-corrected chi connectivity index (χ4v) is 2.87. The topological polar surface area (TPSA) is 101 Å². The molecule has 1 atom stereocenters. The molecule has 2 heterocycles. The number of amides is 2. The van der Waals surface area contributed by atoms with Crippen LogP contribution in [0, 0.1) is 13.8 Å². The Bertz CT molecular complexity index is 928. The molecular weight excluding hydrogens is 342 g/mol. The molecule has 142 valence electrons. The second-order valence-electron chi connectivity index (χ2n) is 6.65. The van der Waals surface area contributed by atoms with Crippen LogP contribution in [0.4, 0.5) is 10.5 Å². The Hall–Kier alpha value is -3.16. The Morgan fingerprint density at radius 2 is 2.11 bits per heavy atom. The summed E-state index contributed by atoms with van der Waals surface area (Å²) in [4.78, 5) is 16.7. The number of nitrogens with one attached hydrogen (secondary N) is 3. The van der Waals surface area contributed by atoms with E-state index in [-0.39, 0.29) is 12.1 Å². The van der Waals surface area contributed by atoms with Gasteiger partial charge < -0.3 is 10.6 Å². The van der Waals surface area contributed by atoms with Crippen LogP contribution in [0.3, 0.4) is 0 Å². The fourth-order valence-electron chi connectivity index (χ4n) is 2.87. The molecule has 0 saturated carbocycles. The number of nitrogens with zero attached hydrogens (tertiary/aromatic N) is 4. The van der Waals surface area contributed by atoms with Gasteiger partial charge in [0.15, 0.2) is 5.82 Å². The van der Waals surface area contributed by atoms with E-state index >= 15 is 0 Å². The second-order valence-corrected chi connectivity index (χ2v) is 6.65. The first-order chi connectivity index (χ1) is 12.9. The summed E-state index contributed by atoms with van der Waals surface area (Å²) in [6.07, 6.45) is 0.792. The number of H-pyrrole nitrogens is 1. The molecule has 27 heavy (non-hydrogen) atoms. The van der Waals surface area contributed by atoms with Crippen molar-refractivity contribution in [3.63, 3.8) is 0 Å². The van der Waals surface area contributed by atoms with Gasteiger partial charge in [0.1, 0.15) is 5.82 Å². The molecule has 0 unspecified atom stereocenters. The van der Waals surface area contributed by atoms with Gasteiger partial charge >= 0.3 is 6.03 Å². The van der Waals surface area contributed by atoms with E-state index in [9.17, 15) is 4.79 Å². The summed E-state index contributed by atoms with van der Waals surface area (Å²) in [5.74, 6) is 1.45. The van der Waals surface area contributed by atoms with Crippen LogP contribution in [0.1, 0.15) is 31.1 Å². The maximum atomic E-state index is 12.3. The van der Waals surface area contributed by atoms with Crippen LogP contribution in [0.2, 0.25) is 0 Å². The van der Waals surface area contributed by atoms with Crippen LogP contribution in [0.25, 0.3) is 11.4 Å². The van der Waals surface area contributed by atoms with Crippen LogP contribution < -0.4 is 10.6 Å². The van der Waals surface area contributed by atoms with Crippen LogP contribution in [0.15, 0.2) is 30.3 Å². The van der Waals surface area contributed by atoms with Gasteiger partial charge in [0.25, 0.3) is 0 Å². The van der Waals surface area contributed by atoms with Crippen molar-refractivity contribution in [2.24, 2.45) is 0 Å². The van der Waals surface area contributed by atoms with Gasteiger partial charge in [0.05, 0.1) is 12.2 Å². The zero-order valence-corrected chi connectivity index (χ0v) is 16.1. The zero-order chi connectivity index (χ0) is 19.4. The molecular formula is C19H25N7O. The predicted molar refractivity (Wildman–Crippen MR) is 105 cm³/mol. The molecule has 1 aromatic carbocycles. The quantitative estimate of drug-likeness (QED) is 0.623. The molecule has 0 bridgehead atoms. The normalized spacial score (nSPS) is 12.0. The lowest BCUT2D eigenvalue weighted by Gasteiger charge is -2.16. The molecule has 0 radical (unpaired) electrons. The predicted octanol–water partition coefficient (Wildman–Crippen LogP) is 3.06. The molecule has 8 nitrogen and oxygen atoms in total. The van der Waals surface area contributed by atoms with Gasteiger partial charge in [-0.05, 0) is 39.0 Å². The number of rotatable bonds is 6. The lowest BCUT2D eigenvalue weighted by atomic mass is 10.2. The number of aryl methyl sites for hydroxylation is 3. The highest BCUT2D eigenvalue weighted by atomic mass is 16.2. The fraction of sp³-hybridized carbons (Fsp3) is 0.368. The summed E-state index contributed by atoms with van der Waals surface area (Å²) in [6.45, 7) is 8.54. The zero-order valence-electron chi connectivity index (χ0n) is 16.1. The van der Waals surface area contributed by atoms with Crippen molar-refractivity contribution in [3.05, 3.63) is 47.5 Å². The maximum absolute atomic E-state index is 12.3. The first-order valence-electron chi connectivity index (χ1n) is 9.05. The number of aromatic amines is 1. The van der Waals surface area contributed by atoms with Gasteiger partial charge in [-0.1, -0.05) is 19.1 Å². The number of anilines is 1. The molecule has 0 aliphatic carbocycles. The van der Waals surface area contributed by atoms with Crippen molar-refractivity contribution in [2.45, 2.75) is 46.7 Å². The van der Waals surface area contributed by atoms with E-state index in [0.29, 0.717) is 18.1 Å². The van der Waals surface area contributed by atoms with E-state index in [1.165, 1.54) is 0 Å². The molecule has 0 fully saturated rings. The summed E-state index contributed by atoms with van der Waals surface area (Å²) in [7, 11) is 0. The van der Waals surface area contributed by atoms with Crippen molar-refractivity contribution in [1.29, 1.82) is 0 Å². The Labute approximate surface area is 158 Å². The van der Waals surface area contributed by atoms with E-state index in [1.807, 2.05) is 62.7 Å². The van der Waals surface area contributed by atoms with Crippen molar-refractivity contribution in [1.82, 2.24) is 30.3 Å². The van der Waals surface area contributed by atoms with Crippen molar-refractivity contribution < 1.29 is 4.79 Å². The summed E-state index contributed by atoms with van der Waals surface area (Å²) in [6, 6.07) is 9.17. The van der Waals surface area contributed by atoms with E-state index in [0.717, 1.165) is 29.2 Å². The average molecular weight is 367 g/mol. The first kappa shape index (κ1) is 18.6. The molecule has 0 spiro atoms. The van der Waals surface area contributed by atoms with E-state index in [2.05, 4.69) is 30.9 Å². The number of aromatic nitrogens is 5. The second kappa shape index (κ2) is 8.03. The minimum atomic E-state index is -0.259. The Balaban J connectivity index is 1.60. The molecule has 0 aliphatic rings. The van der Waals surface area contributed by atoms with Gasteiger partial charge in [-0.25, -0.2) is 9.78 Å². The summed E-state index contributed by atoms with van der Waals surface area (Å²) >= 11 is 0. The average Bonchev–Trinajstić information content (AvgIpc) is 3.21. The summed E-state index contributed by atoms with van der Waals surface area (Å²) in [5.41, 5.74) is 3.58. The highest BCUT2D eigenvalue weighted by Crippen LogP contribution is 2.19. The van der Waals surface area contributed by atoms with E-state index in [1.54, 1.807) is 0 Å². The van der Waals surface area contributed by atoms with Crippen LogP contribution >= 0.6 is 0 Å². The van der Waals surface area contributed by atoms with Crippen LogP contribution in [-0.2, 0) is 13.0 Å². The minimum Gasteiger partial charge on any atom is -0.334 e. The number of urea groups is 1. The molecule has 0 saturated heterocycles. The lowest BCUT2D eigenvalue weighted by molar-refractivity contribution is 0.247. The molecule has 8 heteroatoms. The number of carbonyl (C=O) groups is 1. The third kappa shape index (κ3) is 4.72. The van der Waals surface area contributed by atoms with Gasteiger partial charge in [0, 0.05) is 29.4 Å². The monoisotopic (exact) mass is 367 g/mol. The third-order valence-electron chi connectivity index (χ3n) is 4.17. The molecule has 2 amide bonds. The SMILES string of the molecule is CCc1nc(-c2cccc(NC(=O)N[C@@H](C)Cn3nc(C)cc3C)c2)n[nH]1. The Morgan fingerprint density at radius 3 is 2.78 bits per heavy atom. The minimum absolute atomic E-state index is 0.0636. The Kier molecular flexibility index (Phi) is 5.54. The largest absolute Gasteiger partial charge is 0.334 e. The molecule has 3 N–H and O–H groups in total. The van der Waals surface area contributed by atoms with Crippen molar-refractivity contribution >= 4 is 11.7 Å². The van der Waals surface area contributed by atoms with Crippen LogP contribution in [0.5, 0.6) is 0 Å². The van der Waals surface area contributed by atoms with Gasteiger partial charge in [-0.2, -0.15) is 10.2 Å². The molecule has 3 rings (SSSR count). The standard InChI is InChI=1S/C19H25N7O/c1-5-17-22-18(24-23-17)15-7-6-8-16(10-15)21-19(27)20-13(3)11-26-14(4)9-12(2)25-26/h6-10,13H,5,11H2,1-4H3,(H2,20,21,27)(H,22,23,24)/t13-/m0/s1. The highest BCUT2D eigenvalue weighted by molar-refractivity contribution is 5.90. The van der Waals surface area contributed by atoms with Crippen LogP contribution in [-0.4, -0.2) is 37.0 Å². The van der Waals surface area contributed by atoms with E-state index < -0.39 is 0 Å². The molecule has 2 aromatic heterocycles. The Morgan fingerprint density at radius 1 is 1.30 bits per heavy atom. The summed E-state index contributed by atoms with van der Waals surface area (Å²) in [5, 5.41) is 17.3. The molecule has 3 aromatic rings.